The summed E-state index contributed by atoms with van der Waals surface area (Å²) in [5.41, 5.74) is 0. The van der Waals surface area contributed by atoms with E-state index in [0.717, 1.165) is 31.2 Å². The third kappa shape index (κ3) is 5.41. The van der Waals surface area contributed by atoms with Crippen LogP contribution >= 0.6 is 47.8 Å². The summed E-state index contributed by atoms with van der Waals surface area (Å²) in [5, 5.41) is 6.48. The summed E-state index contributed by atoms with van der Waals surface area (Å²) in [5.74, 6) is 0. The zero-order valence-corrected chi connectivity index (χ0v) is 14.4. The topological polar surface area (TPSA) is 15.3 Å². The second kappa shape index (κ2) is 10.3. The summed E-state index contributed by atoms with van der Waals surface area (Å²) in [6.07, 6.45) is 3.77. The first-order valence-electron chi connectivity index (χ1n) is 6.50. The van der Waals surface area contributed by atoms with Crippen molar-refractivity contribution < 1.29 is 0 Å². The fourth-order valence-electron chi connectivity index (χ4n) is 2.41. The molecule has 2 heterocycles. The Morgan fingerprint density at radius 2 is 2.05 bits per heavy atom. The number of piperazine rings is 1. The van der Waals surface area contributed by atoms with Gasteiger partial charge < -0.3 is 5.32 Å². The second-order valence-corrected chi connectivity index (χ2v) is 5.93. The Morgan fingerprint density at radius 1 is 1.37 bits per heavy atom. The van der Waals surface area contributed by atoms with Crippen molar-refractivity contribution in [3.63, 3.8) is 0 Å². The van der Waals surface area contributed by atoms with Crippen LogP contribution in [-0.2, 0) is 0 Å². The van der Waals surface area contributed by atoms with Crippen LogP contribution in [0.5, 0.6) is 0 Å². The van der Waals surface area contributed by atoms with Gasteiger partial charge in [-0.15, -0.1) is 36.2 Å². The van der Waals surface area contributed by atoms with Crippen molar-refractivity contribution >= 4 is 47.8 Å². The van der Waals surface area contributed by atoms with E-state index in [2.05, 4.69) is 22.5 Å². The first kappa shape index (κ1) is 19.5. The van der Waals surface area contributed by atoms with Gasteiger partial charge in [-0.1, -0.05) is 31.4 Å². The quantitative estimate of drug-likeness (QED) is 0.852. The van der Waals surface area contributed by atoms with Crippen LogP contribution in [0.2, 0.25) is 5.02 Å². The highest BCUT2D eigenvalue weighted by molar-refractivity contribution is 7.10. The first-order valence-corrected chi connectivity index (χ1v) is 7.76. The van der Waals surface area contributed by atoms with E-state index in [1.54, 1.807) is 0 Å². The normalized spacial score (nSPS) is 17.4. The summed E-state index contributed by atoms with van der Waals surface area (Å²) in [4.78, 5) is 3.95. The van der Waals surface area contributed by atoms with Crippen molar-refractivity contribution in [1.82, 2.24) is 10.2 Å². The van der Waals surface area contributed by atoms with E-state index in [1.165, 1.54) is 24.1 Å². The standard InChI is InChI=1S/C13H21ClN2S.2ClH/c1-2-3-4-12(13-11(14)5-10-17-13)16-8-6-15-7-9-16;;/h5,10,12,15H,2-4,6-9H2,1H3;2*1H/t12-;;/m1../s1. The number of nitrogens with one attached hydrogen (secondary N) is 1. The second-order valence-electron chi connectivity index (χ2n) is 4.58. The van der Waals surface area contributed by atoms with Gasteiger partial charge in [0.25, 0.3) is 0 Å². The number of hydrogen-bond donors (Lipinski definition) is 1. The van der Waals surface area contributed by atoms with Gasteiger partial charge in [0.1, 0.15) is 0 Å². The highest BCUT2D eigenvalue weighted by Gasteiger charge is 2.24. The Labute approximate surface area is 137 Å². The minimum atomic E-state index is 0. The van der Waals surface area contributed by atoms with Gasteiger partial charge in [-0.05, 0) is 17.9 Å². The highest BCUT2D eigenvalue weighted by Crippen LogP contribution is 2.35. The molecule has 2 nitrogen and oxygen atoms in total. The predicted molar refractivity (Wildman–Crippen MR) is 90.5 cm³/mol. The molecule has 1 N–H and O–H groups in total. The third-order valence-electron chi connectivity index (χ3n) is 3.37. The Bertz CT molecular complexity index is 340. The fourth-order valence-corrected chi connectivity index (χ4v) is 3.77. The van der Waals surface area contributed by atoms with Crippen molar-refractivity contribution in [3.8, 4) is 0 Å². The van der Waals surface area contributed by atoms with Crippen LogP contribution in [0.1, 0.15) is 37.1 Å². The molecule has 112 valence electrons. The van der Waals surface area contributed by atoms with E-state index >= 15 is 0 Å². The summed E-state index contributed by atoms with van der Waals surface area (Å²) >= 11 is 8.11. The molecular weight excluding hydrogens is 323 g/mol. The van der Waals surface area contributed by atoms with Crippen molar-refractivity contribution in [2.24, 2.45) is 0 Å². The van der Waals surface area contributed by atoms with Crippen LogP contribution in [0.25, 0.3) is 0 Å². The highest BCUT2D eigenvalue weighted by atomic mass is 35.5. The SMILES string of the molecule is CCCC[C@H](c1sccc1Cl)N1CCNCC1.Cl.Cl. The number of nitrogens with zero attached hydrogens (tertiary/aromatic N) is 1. The predicted octanol–water partition coefficient (Wildman–Crippen LogP) is 4.38. The van der Waals surface area contributed by atoms with Crippen molar-refractivity contribution in [2.45, 2.75) is 32.2 Å². The van der Waals surface area contributed by atoms with Gasteiger partial charge in [0.15, 0.2) is 0 Å². The number of halogens is 3. The average Bonchev–Trinajstić information content (AvgIpc) is 2.78. The summed E-state index contributed by atoms with van der Waals surface area (Å²) in [7, 11) is 0. The molecule has 1 atom stereocenters. The average molecular weight is 346 g/mol. The van der Waals surface area contributed by atoms with Gasteiger partial charge in [0.2, 0.25) is 0 Å². The van der Waals surface area contributed by atoms with Crippen LogP contribution in [0, 0.1) is 0 Å². The monoisotopic (exact) mass is 344 g/mol. The van der Waals surface area contributed by atoms with Gasteiger partial charge in [0, 0.05) is 37.1 Å². The maximum Gasteiger partial charge on any atom is 0.0561 e. The van der Waals surface area contributed by atoms with E-state index in [-0.39, 0.29) is 24.8 Å². The fraction of sp³-hybridized carbons (Fsp3) is 0.692. The Balaban J connectivity index is 0.00000162. The third-order valence-corrected chi connectivity index (χ3v) is 4.83. The van der Waals surface area contributed by atoms with Gasteiger partial charge in [-0.2, -0.15) is 0 Å². The number of thiophene rings is 1. The van der Waals surface area contributed by atoms with Crippen molar-refractivity contribution in [2.75, 3.05) is 26.2 Å². The maximum absolute atomic E-state index is 6.30. The van der Waals surface area contributed by atoms with Crippen LogP contribution in [-0.4, -0.2) is 31.1 Å². The lowest BCUT2D eigenvalue weighted by molar-refractivity contribution is 0.165. The molecule has 1 aliphatic heterocycles. The number of rotatable bonds is 5. The summed E-state index contributed by atoms with van der Waals surface area (Å²) < 4.78 is 0. The molecule has 0 radical (unpaired) electrons. The minimum Gasteiger partial charge on any atom is -0.314 e. The summed E-state index contributed by atoms with van der Waals surface area (Å²) in [6.45, 7) is 6.74. The smallest absolute Gasteiger partial charge is 0.0561 e. The van der Waals surface area contributed by atoms with E-state index in [0.29, 0.717) is 6.04 Å². The molecule has 0 spiro atoms. The number of unbranched alkanes of at least 4 members (excludes halogenated alkanes) is 1. The molecule has 0 aromatic carbocycles. The number of hydrogen-bond acceptors (Lipinski definition) is 3. The van der Waals surface area contributed by atoms with Gasteiger partial charge in [-0.3, -0.25) is 4.90 Å². The molecule has 19 heavy (non-hydrogen) atoms. The van der Waals surface area contributed by atoms with Gasteiger partial charge in [-0.25, -0.2) is 0 Å². The largest absolute Gasteiger partial charge is 0.314 e. The molecule has 1 saturated heterocycles. The van der Waals surface area contributed by atoms with Gasteiger partial charge >= 0.3 is 0 Å². The first-order chi connectivity index (χ1) is 8.33. The lowest BCUT2D eigenvalue weighted by atomic mass is 10.1. The zero-order valence-electron chi connectivity index (χ0n) is 11.2. The van der Waals surface area contributed by atoms with Crippen molar-refractivity contribution in [1.29, 1.82) is 0 Å². The van der Waals surface area contributed by atoms with Crippen LogP contribution in [0.4, 0.5) is 0 Å². The summed E-state index contributed by atoms with van der Waals surface area (Å²) in [6, 6.07) is 2.56. The van der Waals surface area contributed by atoms with E-state index in [9.17, 15) is 0 Å². The molecule has 1 fully saturated rings. The van der Waals surface area contributed by atoms with E-state index in [1.807, 2.05) is 17.4 Å². The molecule has 0 bridgehead atoms. The lowest BCUT2D eigenvalue weighted by Gasteiger charge is -2.34. The maximum atomic E-state index is 6.30. The Morgan fingerprint density at radius 3 is 2.58 bits per heavy atom. The Kier molecular flexibility index (Phi) is 10.5. The van der Waals surface area contributed by atoms with Gasteiger partial charge in [0.05, 0.1) is 5.02 Å². The molecule has 6 heteroatoms. The molecule has 0 amide bonds. The molecule has 1 aromatic heterocycles. The molecule has 1 aromatic rings. The van der Waals surface area contributed by atoms with Crippen molar-refractivity contribution in [3.05, 3.63) is 21.3 Å². The zero-order chi connectivity index (χ0) is 12.1. The molecule has 1 aliphatic rings. The Hall–Kier alpha value is 0.490. The van der Waals surface area contributed by atoms with E-state index in [4.69, 9.17) is 11.6 Å². The molecular formula is C13H23Cl3N2S. The molecule has 0 saturated carbocycles. The molecule has 2 rings (SSSR count). The molecule has 0 aliphatic carbocycles. The van der Waals surface area contributed by atoms with Crippen LogP contribution in [0.3, 0.4) is 0 Å². The minimum absolute atomic E-state index is 0. The van der Waals surface area contributed by atoms with Crippen LogP contribution in [0.15, 0.2) is 11.4 Å². The van der Waals surface area contributed by atoms with Crippen LogP contribution < -0.4 is 5.32 Å². The lowest BCUT2D eigenvalue weighted by Crippen LogP contribution is -2.45. The molecule has 0 unspecified atom stereocenters. The van der Waals surface area contributed by atoms with E-state index < -0.39 is 0 Å².